The Labute approximate surface area is 198 Å². The highest BCUT2D eigenvalue weighted by atomic mass is 35.5. The van der Waals surface area contributed by atoms with E-state index in [4.69, 9.17) is 27.9 Å². The van der Waals surface area contributed by atoms with Crippen molar-refractivity contribution < 1.29 is 24.2 Å². The summed E-state index contributed by atoms with van der Waals surface area (Å²) in [5.41, 5.74) is 1.32. The van der Waals surface area contributed by atoms with E-state index in [2.05, 4.69) is 20.8 Å². The smallest absolute Gasteiger partial charge is 0.408 e. The minimum Gasteiger partial charge on any atom is -0.481 e. The lowest BCUT2D eigenvalue weighted by molar-refractivity contribution is -0.139. The summed E-state index contributed by atoms with van der Waals surface area (Å²) < 4.78 is 6.34. The van der Waals surface area contributed by atoms with E-state index in [0.29, 0.717) is 27.9 Å². The number of nitrogens with zero attached hydrogens (tertiary/aromatic N) is 4. The Morgan fingerprint density at radius 3 is 2.42 bits per heavy atom. The standard InChI is InChI=1S/C21H19Cl2N5O5/c22-15-7-4-8-16(23)14(15)12-33-21(32)24-17(10-20(30)31)18(29)11-28-19(25-26-27-28)9-13-5-2-1-3-6-13/h1-8,17H,9-12H2,(H,24,32)(H,30,31). The van der Waals surface area contributed by atoms with Crippen molar-refractivity contribution in [3.8, 4) is 0 Å². The zero-order valence-corrected chi connectivity index (χ0v) is 18.7. The summed E-state index contributed by atoms with van der Waals surface area (Å²) in [6, 6.07) is 12.8. The van der Waals surface area contributed by atoms with Gasteiger partial charge in [-0.25, -0.2) is 9.48 Å². The molecule has 0 spiro atoms. The molecule has 1 aromatic heterocycles. The van der Waals surface area contributed by atoms with Crippen molar-refractivity contribution in [1.82, 2.24) is 25.5 Å². The highest BCUT2D eigenvalue weighted by Gasteiger charge is 2.26. The van der Waals surface area contributed by atoms with Crippen molar-refractivity contribution in [2.24, 2.45) is 0 Å². The van der Waals surface area contributed by atoms with E-state index >= 15 is 0 Å². The number of carbonyl (C=O) groups is 3. The number of carboxylic acids is 1. The highest BCUT2D eigenvalue weighted by Crippen LogP contribution is 2.24. The third kappa shape index (κ3) is 6.99. The van der Waals surface area contributed by atoms with Gasteiger partial charge in [0.25, 0.3) is 0 Å². The molecule has 1 atom stereocenters. The Bertz CT molecular complexity index is 1120. The molecule has 0 saturated heterocycles. The second-order valence-corrected chi connectivity index (χ2v) is 7.77. The molecule has 12 heteroatoms. The maximum atomic E-state index is 12.8. The number of nitrogens with one attached hydrogen (secondary N) is 1. The third-order valence-electron chi connectivity index (χ3n) is 4.59. The Morgan fingerprint density at radius 1 is 1.06 bits per heavy atom. The summed E-state index contributed by atoms with van der Waals surface area (Å²) in [7, 11) is 0. The van der Waals surface area contributed by atoms with Crippen molar-refractivity contribution in [2.45, 2.75) is 32.0 Å². The summed E-state index contributed by atoms with van der Waals surface area (Å²) >= 11 is 12.1. The van der Waals surface area contributed by atoms with E-state index in [1.807, 2.05) is 30.3 Å². The van der Waals surface area contributed by atoms with Crippen LogP contribution in [0.15, 0.2) is 48.5 Å². The maximum absolute atomic E-state index is 12.8. The number of rotatable bonds is 10. The lowest BCUT2D eigenvalue weighted by Crippen LogP contribution is -2.44. The molecule has 0 fully saturated rings. The number of aromatic nitrogens is 4. The van der Waals surface area contributed by atoms with Gasteiger partial charge >= 0.3 is 12.1 Å². The molecule has 0 bridgehead atoms. The van der Waals surface area contributed by atoms with Gasteiger partial charge in [0.05, 0.1) is 6.42 Å². The fourth-order valence-corrected chi connectivity index (χ4v) is 3.43. The van der Waals surface area contributed by atoms with Crippen molar-refractivity contribution >= 4 is 41.0 Å². The summed E-state index contributed by atoms with van der Waals surface area (Å²) in [5.74, 6) is -1.46. The number of alkyl carbamates (subject to hydrolysis) is 1. The minimum atomic E-state index is -1.36. The topological polar surface area (TPSA) is 136 Å². The zero-order valence-electron chi connectivity index (χ0n) is 17.1. The van der Waals surface area contributed by atoms with E-state index < -0.39 is 30.3 Å². The maximum Gasteiger partial charge on any atom is 0.408 e. The molecule has 33 heavy (non-hydrogen) atoms. The van der Waals surface area contributed by atoms with Gasteiger partial charge in [0.15, 0.2) is 11.6 Å². The molecular weight excluding hydrogens is 473 g/mol. The van der Waals surface area contributed by atoms with Gasteiger partial charge in [0, 0.05) is 22.0 Å². The van der Waals surface area contributed by atoms with Crippen LogP contribution in [0, 0.1) is 0 Å². The molecule has 3 rings (SSSR count). The van der Waals surface area contributed by atoms with Gasteiger partial charge in [-0.3, -0.25) is 9.59 Å². The number of hydrogen-bond donors (Lipinski definition) is 2. The fourth-order valence-electron chi connectivity index (χ4n) is 2.92. The van der Waals surface area contributed by atoms with Gasteiger partial charge in [0.2, 0.25) is 0 Å². The molecular formula is C21H19Cl2N5O5. The van der Waals surface area contributed by atoms with Crippen LogP contribution >= 0.6 is 23.2 Å². The molecule has 3 aromatic rings. The second kappa shape index (κ2) is 11.4. The summed E-state index contributed by atoms with van der Waals surface area (Å²) in [5, 5.41) is 23.4. The number of tetrazole rings is 1. The quantitative estimate of drug-likeness (QED) is 0.441. The summed E-state index contributed by atoms with van der Waals surface area (Å²) in [6.45, 7) is -0.587. The molecule has 0 saturated carbocycles. The first kappa shape index (κ1) is 24.1. The Balaban J connectivity index is 1.64. The first-order valence-electron chi connectivity index (χ1n) is 9.73. The molecule has 1 heterocycles. The van der Waals surface area contributed by atoms with E-state index in [0.717, 1.165) is 5.56 Å². The van der Waals surface area contributed by atoms with Crippen LogP contribution in [0.2, 0.25) is 10.0 Å². The molecule has 0 aliphatic carbocycles. The van der Waals surface area contributed by atoms with Gasteiger partial charge in [-0.05, 0) is 28.1 Å². The number of amides is 1. The monoisotopic (exact) mass is 491 g/mol. The molecule has 2 aromatic carbocycles. The van der Waals surface area contributed by atoms with Crippen molar-refractivity contribution in [3.63, 3.8) is 0 Å². The number of halogens is 2. The number of carbonyl (C=O) groups excluding carboxylic acids is 2. The van der Waals surface area contributed by atoms with Gasteiger partial charge in [-0.15, -0.1) is 5.10 Å². The van der Waals surface area contributed by atoms with Crippen LogP contribution in [0.1, 0.15) is 23.4 Å². The number of carboxylic acid groups (broad SMARTS) is 1. The number of Topliss-reactive ketones (excluding diaryl/α,β-unsaturated/α-hetero) is 1. The van der Waals surface area contributed by atoms with E-state index in [-0.39, 0.29) is 13.2 Å². The van der Waals surface area contributed by atoms with Gasteiger partial charge in [-0.2, -0.15) is 0 Å². The first-order valence-corrected chi connectivity index (χ1v) is 10.5. The van der Waals surface area contributed by atoms with E-state index in [1.54, 1.807) is 18.2 Å². The van der Waals surface area contributed by atoms with Crippen LogP contribution in [0.25, 0.3) is 0 Å². The van der Waals surface area contributed by atoms with E-state index in [1.165, 1.54) is 4.68 Å². The highest BCUT2D eigenvalue weighted by molar-refractivity contribution is 6.35. The van der Waals surface area contributed by atoms with Crippen molar-refractivity contribution in [3.05, 3.63) is 75.5 Å². The van der Waals surface area contributed by atoms with Gasteiger partial charge in [-0.1, -0.05) is 59.6 Å². The number of ketones is 1. The number of aliphatic carboxylic acids is 1. The van der Waals surface area contributed by atoms with Gasteiger partial charge < -0.3 is 15.2 Å². The average molecular weight is 492 g/mol. The predicted octanol–water partition coefficient (Wildman–Crippen LogP) is 2.91. The van der Waals surface area contributed by atoms with Crippen LogP contribution in [-0.2, 0) is 33.9 Å². The number of benzene rings is 2. The normalized spacial score (nSPS) is 11.6. The van der Waals surface area contributed by atoms with Crippen LogP contribution < -0.4 is 5.32 Å². The Kier molecular flexibility index (Phi) is 8.34. The molecule has 10 nitrogen and oxygen atoms in total. The Hall–Kier alpha value is -3.50. The van der Waals surface area contributed by atoms with E-state index in [9.17, 15) is 19.5 Å². The SMILES string of the molecule is O=C(O)CC(NC(=O)OCc1c(Cl)cccc1Cl)C(=O)Cn1nnnc1Cc1ccccc1. The Morgan fingerprint density at radius 2 is 1.76 bits per heavy atom. The van der Waals surface area contributed by atoms with Crippen molar-refractivity contribution in [1.29, 1.82) is 0 Å². The third-order valence-corrected chi connectivity index (χ3v) is 5.29. The minimum absolute atomic E-state index is 0.257. The lowest BCUT2D eigenvalue weighted by Gasteiger charge is -2.16. The lowest BCUT2D eigenvalue weighted by atomic mass is 10.1. The molecule has 1 amide bonds. The number of hydrogen-bond acceptors (Lipinski definition) is 7. The largest absolute Gasteiger partial charge is 0.481 e. The molecule has 1 unspecified atom stereocenters. The molecule has 172 valence electrons. The molecule has 2 N–H and O–H groups in total. The summed E-state index contributed by atoms with van der Waals surface area (Å²) in [4.78, 5) is 36.3. The van der Waals surface area contributed by atoms with Crippen LogP contribution in [0.4, 0.5) is 4.79 Å². The van der Waals surface area contributed by atoms with Crippen LogP contribution in [-0.4, -0.2) is 49.2 Å². The predicted molar refractivity (Wildman–Crippen MR) is 118 cm³/mol. The fraction of sp³-hybridized carbons (Fsp3) is 0.238. The first-order chi connectivity index (χ1) is 15.8. The van der Waals surface area contributed by atoms with Crippen LogP contribution in [0.3, 0.4) is 0 Å². The van der Waals surface area contributed by atoms with Gasteiger partial charge in [0.1, 0.15) is 19.2 Å². The number of ether oxygens (including phenoxy) is 1. The summed E-state index contributed by atoms with van der Waals surface area (Å²) in [6.07, 6.45) is -1.26. The average Bonchev–Trinajstić information content (AvgIpc) is 3.19. The molecule has 0 aliphatic heterocycles. The molecule has 0 radical (unpaired) electrons. The zero-order chi connectivity index (χ0) is 23.8. The van der Waals surface area contributed by atoms with Crippen LogP contribution in [0.5, 0.6) is 0 Å². The second-order valence-electron chi connectivity index (χ2n) is 6.95. The molecule has 0 aliphatic rings. The van der Waals surface area contributed by atoms with Crippen molar-refractivity contribution in [2.75, 3.05) is 0 Å².